The Balaban J connectivity index is 1.74. The average molecular weight is 355 g/mol. The number of piperidine rings is 1. The van der Waals surface area contributed by atoms with Gasteiger partial charge in [0.05, 0.1) is 11.8 Å². The van der Waals surface area contributed by atoms with Gasteiger partial charge >= 0.3 is 12.1 Å². The molecule has 1 fully saturated rings. The third-order valence-electron chi connectivity index (χ3n) is 4.11. The molecule has 3 heterocycles. The second-order valence-electron chi connectivity index (χ2n) is 5.96. The summed E-state index contributed by atoms with van der Waals surface area (Å²) in [6.45, 7) is 1.28. The number of hydrogen-bond donors (Lipinski definition) is 1. The molecule has 2 aromatic heterocycles. The van der Waals surface area contributed by atoms with Crippen molar-refractivity contribution in [3.8, 4) is 0 Å². The Kier molecular flexibility index (Phi) is 4.60. The lowest BCUT2D eigenvalue weighted by Crippen LogP contribution is -2.38. The van der Waals surface area contributed by atoms with E-state index >= 15 is 0 Å². The number of carbonyl (C=O) groups is 1. The molecule has 0 bridgehead atoms. The van der Waals surface area contributed by atoms with E-state index in [-0.39, 0.29) is 17.4 Å². The van der Waals surface area contributed by atoms with Crippen molar-refractivity contribution in [1.82, 2.24) is 20.0 Å². The molecule has 10 heteroatoms. The number of halogens is 3. The molecular formula is C15H16F3N5O2. The first-order valence-electron chi connectivity index (χ1n) is 7.75. The molecule has 0 saturated carbocycles. The van der Waals surface area contributed by atoms with Crippen LogP contribution in [0.2, 0.25) is 0 Å². The minimum Gasteiger partial charge on any atom is -0.476 e. The highest BCUT2D eigenvalue weighted by molar-refractivity contribution is 5.84. The van der Waals surface area contributed by atoms with Gasteiger partial charge in [-0.15, -0.1) is 5.10 Å². The lowest BCUT2D eigenvalue weighted by molar-refractivity contribution is -0.137. The van der Waals surface area contributed by atoms with Gasteiger partial charge < -0.3 is 10.0 Å². The van der Waals surface area contributed by atoms with Crippen LogP contribution in [0.1, 0.15) is 28.9 Å². The van der Waals surface area contributed by atoms with Gasteiger partial charge in [0, 0.05) is 25.8 Å². The smallest absolute Gasteiger partial charge is 0.419 e. The Morgan fingerprint density at radius 2 is 2.20 bits per heavy atom. The van der Waals surface area contributed by atoms with Crippen molar-refractivity contribution < 1.29 is 23.1 Å². The van der Waals surface area contributed by atoms with E-state index in [0.29, 0.717) is 19.6 Å². The molecule has 0 radical (unpaired) electrons. The molecule has 1 saturated heterocycles. The Morgan fingerprint density at radius 3 is 2.88 bits per heavy atom. The molecule has 134 valence electrons. The van der Waals surface area contributed by atoms with Crippen molar-refractivity contribution in [3.63, 3.8) is 0 Å². The SMILES string of the molecule is O=C(O)c1cn(C[C@H]2CCCN(c3ncccc3C(F)(F)F)C2)nn1. The van der Waals surface area contributed by atoms with Crippen LogP contribution in [0.4, 0.5) is 19.0 Å². The lowest BCUT2D eigenvalue weighted by Gasteiger charge is -2.34. The van der Waals surface area contributed by atoms with Crippen molar-refractivity contribution in [2.45, 2.75) is 25.6 Å². The van der Waals surface area contributed by atoms with Crippen LogP contribution in [0.15, 0.2) is 24.5 Å². The Labute approximate surface area is 141 Å². The number of alkyl halides is 3. The zero-order valence-electron chi connectivity index (χ0n) is 13.1. The minimum atomic E-state index is -4.46. The largest absolute Gasteiger partial charge is 0.476 e. The third kappa shape index (κ3) is 3.89. The maximum Gasteiger partial charge on any atom is 0.419 e. The van der Waals surface area contributed by atoms with Crippen molar-refractivity contribution in [3.05, 3.63) is 35.8 Å². The van der Waals surface area contributed by atoms with Gasteiger partial charge in [-0.1, -0.05) is 5.21 Å². The number of carboxylic acid groups (broad SMARTS) is 1. The van der Waals surface area contributed by atoms with E-state index in [1.165, 1.54) is 23.1 Å². The van der Waals surface area contributed by atoms with Crippen LogP contribution in [0, 0.1) is 5.92 Å². The van der Waals surface area contributed by atoms with E-state index in [9.17, 15) is 18.0 Å². The van der Waals surface area contributed by atoms with Gasteiger partial charge in [-0.05, 0) is 30.9 Å². The molecular weight excluding hydrogens is 339 g/mol. The first-order chi connectivity index (χ1) is 11.8. The standard InChI is InChI=1S/C15H16F3N5O2/c16-15(17,18)11-4-1-5-19-13(11)22-6-2-3-10(7-22)8-23-9-12(14(24)25)20-21-23/h1,4-5,9-10H,2-3,6-8H2,(H,24,25)/t10-/m0/s1. The molecule has 1 aliphatic rings. The molecule has 3 rings (SSSR count). The van der Waals surface area contributed by atoms with E-state index in [0.717, 1.165) is 18.9 Å². The van der Waals surface area contributed by atoms with Crippen molar-refractivity contribution in [2.24, 2.45) is 5.92 Å². The monoisotopic (exact) mass is 355 g/mol. The van der Waals surface area contributed by atoms with Crippen LogP contribution >= 0.6 is 0 Å². The molecule has 1 aliphatic heterocycles. The van der Waals surface area contributed by atoms with E-state index in [1.807, 2.05) is 0 Å². The zero-order valence-corrected chi connectivity index (χ0v) is 13.1. The van der Waals surface area contributed by atoms with Crippen LogP contribution in [-0.2, 0) is 12.7 Å². The summed E-state index contributed by atoms with van der Waals surface area (Å²) in [6.07, 6.45) is -0.251. The number of anilines is 1. The van der Waals surface area contributed by atoms with Crippen LogP contribution in [-0.4, -0.2) is 44.1 Å². The summed E-state index contributed by atoms with van der Waals surface area (Å²) in [7, 11) is 0. The predicted molar refractivity (Wildman–Crippen MR) is 81.2 cm³/mol. The van der Waals surface area contributed by atoms with Gasteiger partial charge in [0.2, 0.25) is 0 Å². The van der Waals surface area contributed by atoms with Gasteiger partial charge in [0.25, 0.3) is 0 Å². The lowest BCUT2D eigenvalue weighted by atomic mass is 9.97. The number of hydrogen-bond acceptors (Lipinski definition) is 5. The fraction of sp³-hybridized carbons (Fsp3) is 0.467. The van der Waals surface area contributed by atoms with Gasteiger partial charge in [0.1, 0.15) is 5.82 Å². The molecule has 25 heavy (non-hydrogen) atoms. The predicted octanol–water partition coefficient (Wildman–Crippen LogP) is 2.31. The number of carboxylic acids is 1. The van der Waals surface area contributed by atoms with Gasteiger partial charge in [0.15, 0.2) is 5.69 Å². The highest BCUT2D eigenvalue weighted by Crippen LogP contribution is 2.36. The molecule has 1 atom stereocenters. The summed E-state index contributed by atoms with van der Waals surface area (Å²) in [4.78, 5) is 16.4. The highest BCUT2D eigenvalue weighted by Gasteiger charge is 2.36. The Hall–Kier alpha value is -2.65. The number of nitrogens with zero attached hydrogens (tertiary/aromatic N) is 5. The van der Waals surface area contributed by atoms with E-state index in [4.69, 9.17) is 5.11 Å². The maximum atomic E-state index is 13.2. The summed E-state index contributed by atoms with van der Waals surface area (Å²) in [5.41, 5.74) is -0.902. The van der Waals surface area contributed by atoms with Crippen molar-refractivity contribution >= 4 is 11.8 Å². The molecule has 0 aromatic carbocycles. The Bertz CT molecular complexity index is 762. The molecule has 2 aromatic rings. The number of aromatic nitrogens is 4. The van der Waals surface area contributed by atoms with Gasteiger partial charge in [-0.3, -0.25) is 4.68 Å². The van der Waals surface area contributed by atoms with Crippen LogP contribution in [0.5, 0.6) is 0 Å². The second kappa shape index (κ2) is 6.69. The fourth-order valence-corrected chi connectivity index (χ4v) is 3.03. The molecule has 0 amide bonds. The van der Waals surface area contributed by atoms with Crippen LogP contribution in [0.25, 0.3) is 0 Å². The van der Waals surface area contributed by atoms with E-state index in [2.05, 4.69) is 15.3 Å². The summed E-state index contributed by atoms with van der Waals surface area (Å²) < 4.78 is 41.0. The molecule has 0 spiro atoms. The van der Waals surface area contributed by atoms with Gasteiger partial charge in [-0.25, -0.2) is 9.78 Å². The molecule has 0 aliphatic carbocycles. The molecule has 1 N–H and O–H groups in total. The van der Waals surface area contributed by atoms with E-state index in [1.54, 1.807) is 4.90 Å². The highest BCUT2D eigenvalue weighted by atomic mass is 19.4. The number of aromatic carboxylic acids is 1. The van der Waals surface area contributed by atoms with Crippen molar-refractivity contribution in [2.75, 3.05) is 18.0 Å². The molecule has 7 nitrogen and oxygen atoms in total. The summed E-state index contributed by atoms with van der Waals surface area (Å²) in [5.74, 6) is -1.20. The Morgan fingerprint density at radius 1 is 1.40 bits per heavy atom. The molecule has 0 unspecified atom stereocenters. The maximum absolute atomic E-state index is 13.2. The topological polar surface area (TPSA) is 84.1 Å². The van der Waals surface area contributed by atoms with Crippen LogP contribution < -0.4 is 4.90 Å². The number of rotatable bonds is 4. The van der Waals surface area contributed by atoms with E-state index < -0.39 is 17.7 Å². The van der Waals surface area contributed by atoms with Crippen molar-refractivity contribution in [1.29, 1.82) is 0 Å². The summed E-state index contributed by atoms with van der Waals surface area (Å²) >= 11 is 0. The second-order valence-corrected chi connectivity index (χ2v) is 5.96. The summed E-state index contributed by atoms with van der Waals surface area (Å²) in [5, 5.41) is 16.2. The first kappa shape index (κ1) is 17.2. The first-order valence-corrected chi connectivity index (χ1v) is 7.75. The van der Waals surface area contributed by atoms with Gasteiger partial charge in [-0.2, -0.15) is 13.2 Å². The number of pyridine rings is 1. The van der Waals surface area contributed by atoms with Crippen LogP contribution in [0.3, 0.4) is 0 Å². The quantitative estimate of drug-likeness (QED) is 0.906. The fourth-order valence-electron chi connectivity index (χ4n) is 3.03. The average Bonchev–Trinajstić information content (AvgIpc) is 3.03. The normalized spacial score (nSPS) is 18.4. The zero-order chi connectivity index (χ0) is 18.0. The minimum absolute atomic E-state index is 0.0279. The summed E-state index contributed by atoms with van der Waals surface area (Å²) in [6, 6.07) is 2.30. The third-order valence-corrected chi connectivity index (χ3v) is 4.11.